The van der Waals surface area contributed by atoms with Crippen LogP contribution in [-0.4, -0.2) is 10.8 Å². The highest BCUT2D eigenvalue weighted by Gasteiger charge is 2.15. The number of pyridine rings is 1. The zero-order valence-electron chi connectivity index (χ0n) is 8.93. The van der Waals surface area contributed by atoms with Gasteiger partial charge in [-0.15, -0.1) is 0 Å². The van der Waals surface area contributed by atoms with Crippen molar-refractivity contribution in [1.82, 2.24) is 4.98 Å². The molecule has 5 heteroatoms. The van der Waals surface area contributed by atoms with Crippen LogP contribution < -0.4 is 0 Å². The fourth-order valence-electron chi connectivity index (χ4n) is 1.56. The molecule has 2 rings (SSSR count). The molecule has 0 unspecified atom stereocenters. The Kier molecular flexibility index (Phi) is 2.83. The number of benzene rings is 1. The van der Waals surface area contributed by atoms with Gasteiger partial charge in [-0.2, -0.15) is 0 Å². The van der Waals surface area contributed by atoms with Crippen molar-refractivity contribution < 1.29 is 18.0 Å². The van der Waals surface area contributed by atoms with Crippen molar-refractivity contribution in [3.8, 4) is 0 Å². The Morgan fingerprint density at radius 2 is 1.94 bits per heavy atom. The van der Waals surface area contributed by atoms with Crippen LogP contribution in [0.15, 0.2) is 18.2 Å². The summed E-state index contributed by atoms with van der Waals surface area (Å²) >= 11 is 0. The van der Waals surface area contributed by atoms with Crippen LogP contribution in [0.2, 0.25) is 0 Å². The molecule has 88 valence electrons. The van der Waals surface area contributed by atoms with E-state index in [-0.39, 0.29) is 23.1 Å². The van der Waals surface area contributed by atoms with Crippen molar-refractivity contribution in [1.29, 1.82) is 0 Å². The van der Waals surface area contributed by atoms with Crippen LogP contribution in [0.3, 0.4) is 0 Å². The molecule has 0 saturated carbocycles. The summed E-state index contributed by atoms with van der Waals surface area (Å²) in [6.45, 7) is 1.37. The van der Waals surface area contributed by atoms with E-state index >= 15 is 0 Å². The average molecular weight is 239 g/mol. The monoisotopic (exact) mass is 239 g/mol. The minimum absolute atomic E-state index is 0.0361. The van der Waals surface area contributed by atoms with Gasteiger partial charge in [-0.1, -0.05) is 6.07 Å². The van der Waals surface area contributed by atoms with Gasteiger partial charge in [0.25, 0.3) is 0 Å². The van der Waals surface area contributed by atoms with E-state index in [1.54, 1.807) is 0 Å². The van der Waals surface area contributed by atoms with E-state index in [0.29, 0.717) is 5.69 Å². The maximum atomic E-state index is 13.4. The fraction of sp³-hybridized carbons (Fsp3) is 0.167. The Bertz CT molecular complexity index is 610. The van der Waals surface area contributed by atoms with Crippen molar-refractivity contribution in [2.75, 3.05) is 0 Å². The molecule has 1 heterocycles. The molecule has 0 aliphatic heterocycles. The Hall–Kier alpha value is -1.91. The van der Waals surface area contributed by atoms with E-state index in [1.165, 1.54) is 19.1 Å². The summed E-state index contributed by atoms with van der Waals surface area (Å²) in [6, 6.07) is 3.77. The molecule has 0 aliphatic carbocycles. The lowest BCUT2D eigenvalue weighted by atomic mass is 10.1. The highest BCUT2D eigenvalue weighted by Crippen LogP contribution is 2.21. The Morgan fingerprint density at radius 1 is 1.24 bits per heavy atom. The molecule has 0 amide bonds. The number of nitrogens with zero attached hydrogens (tertiary/aromatic N) is 1. The van der Waals surface area contributed by atoms with Crippen LogP contribution in [0.1, 0.15) is 12.6 Å². The van der Waals surface area contributed by atoms with E-state index in [4.69, 9.17) is 0 Å². The second kappa shape index (κ2) is 4.16. The molecule has 0 bridgehead atoms. The Balaban J connectivity index is 2.64. The molecule has 1 aromatic heterocycles. The molecule has 0 spiro atoms. The van der Waals surface area contributed by atoms with Crippen molar-refractivity contribution in [2.45, 2.75) is 13.3 Å². The van der Waals surface area contributed by atoms with Crippen molar-refractivity contribution in [3.05, 3.63) is 41.3 Å². The zero-order valence-corrected chi connectivity index (χ0v) is 8.93. The molecule has 2 aromatic rings. The number of hydrogen-bond donors (Lipinski definition) is 0. The van der Waals surface area contributed by atoms with Gasteiger partial charge in [-0.3, -0.25) is 4.79 Å². The second-order valence-electron chi connectivity index (χ2n) is 3.74. The van der Waals surface area contributed by atoms with Gasteiger partial charge in [0, 0.05) is 17.5 Å². The molecule has 17 heavy (non-hydrogen) atoms. The first-order valence-electron chi connectivity index (χ1n) is 4.91. The Labute approximate surface area is 95.1 Å². The summed E-state index contributed by atoms with van der Waals surface area (Å²) in [7, 11) is 0. The van der Waals surface area contributed by atoms with Crippen LogP contribution in [0.4, 0.5) is 13.2 Å². The first-order valence-corrected chi connectivity index (χ1v) is 4.91. The quantitative estimate of drug-likeness (QED) is 0.754. The standard InChI is InChI=1S/C12H8F3NO/c1-6(17)4-8-3-2-7-5-9(13)10(14)11(15)12(7)16-8/h2-3,5H,4H2,1H3. The van der Waals surface area contributed by atoms with Crippen molar-refractivity contribution in [2.24, 2.45) is 0 Å². The lowest BCUT2D eigenvalue weighted by Crippen LogP contribution is -2.01. The predicted molar refractivity (Wildman–Crippen MR) is 56.0 cm³/mol. The van der Waals surface area contributed by atoms with Crippen LogP contribution >= 0.6 is 0 Å². The molecule has 0 N–H and O–H groups in total. The lowest BCUT2D eigenvalue weighted by molar-refractivity contribution is -0.116. The smallest absolute Gasteiger partial charge is 0.196 e. The van der Waals surface area contributed by atoms with E-state index < -0.39 is 17.5 Å². The van der Waals surface area contributed by atoms with Gasteiger partial charge in [0.05, 0.1) is 0 Å². The fourth-order valence-corrected chi connectivity index (χ4v) is 1.56. The summed E-state index contributed by atoms with van der Waals surface area (Å²) in [4.78, 5) is 14.7. The van der Waals surface area contributed by atoms with Crippen molar-refractivity contribution >= 4 is 16.7 Å². The van der Waals surface area contributed by atoms with Gasteiger partial charge in [-0.05, 0) is 19.1 Å². The van der Waals surface area contributed by atoms with Crippen LogP contribution in [0.5, 0.6) is 0 Å². The molecule has 0 fully saturated rings. The third-order valence-electron chi connectivity index (χ3n) is 2.31. The normalized spacial score (nSPS) is 10.8. The molecule has 1 aromatic carbocycles. The third kappa shape index (κ3) is 2.13. The maximum Gasteiger partial charge on any atom is 0.196 e. The Morgan fingerprint density at radius 3 is 2.59 bits per heavy atom. The number of fused-ring (bicyclic) bond motifs is 1. The van der Waals surface area contributed by atoms with Gasteiger partial charge in [0.15, 0.2) is 17.5 Å². The topological polar surface area (TPSA) is 30.0 Å². The van der Waals surface area contributed by atoms with Gasteiger partial charge in [-0.25, -0.2) is 18.2 Å². The second-order valence-corrected chi connectivity index (χ2v) is 3.74. The summed E-state index contributed by atoms with van der Waals surface area (Å²) in [5.74, 6) is -4.27. The summed E-state index contributed by atoms with van der Waals surface area (Å²) in [6.07, 6.45) is 0.0361. The number of ketones is 1. The van der Waals surface area contributed by atoms with E-state index in [0.717, 1.165) is 6.07 Å². The molecule has 0 saturated heterocycles. The maximum absolute atomic E-state index is 13.4. The van der Waals surface area contributed by atoms with Crippen molar-refractivity contribution in [3.63, 3.8) is 0 Å². The number of rotatable bonds is 2. The molecule has 2 nitrogen and oxygen atoms in total. The van der Waals surface area contributed by atoms with Crippen LogP contribution in [0, 0.1) is 17.5 Å². The SMILES string of the molecule is CC(=O)Cc1ccc2cc(F)c(F)c(F)c2n1. The predicted octanol–water partition coefficient (Wildman–Crippen LogP) is 2.78. The van der Waals surface area contributed by atoms with Gasteiger partial charge >= 0.3 is 0 Å². The minimum Gasteiger partial charge on any atom is -0.300 e. The van der Waals surface area contributed by atoms with E-state index in [1.807, 2.05) is 0 Å². The van der Waals surface area contributed by atoms with E-state index in [9.17, 15) is 18.0 Å². The van der Waals surface area contributed by atoms with Gasteiger partial charge < -0.3 is 0 Å². The molecule has 0 radical (unpaired) electrons. The summed E-state index contributed by atoms with van der Waals surface area (Å²) in [5.41, 5.74) is 0.0672. The lowest BCUT2D eigenvalue weighted by Gasteiger charge is -2.03. The van der Waals surface area contributed by atoms with Gasteiger partial charge in [0.2, 0.25) is 0 Å². The van der Waals surface area contributed by atoms with Crippen LogP contribution in [0.25, 0.3) is 10.9 Å². The zero-order chi connectivity index (χ0) is 12.6. The van der Waals surface area contributed by atoms with E-state index in [2.05, 4.69) is 4.98 Å². The summed E-state index contributed by atoms with van der Waals surface area (Å²) < 4.78 is 39.3. The number of hydrogen-bond acceptors (Lipinski definition) is 2. The summed E-state index contributed by atoms with van der Waals surface area (Å²) in [5, 5.41) is 0.161. The minimum atomic E-state index is -1.55. The molecular weight excluding hydrogens is 231 g/mol. The van der Waals surface area contributed by atoms with Crippen LogP contribution in [-0.2, 0) is 11.2 Å². The first kappa shape index (κ1) is 11.6. The number of aromatic nitrogens is 1. The number of carbonyl (C=O) groups excluding carboxylic acids is 1. The molecule has 0 aliphatic rings. The number of carbonyl (C=O) groups is 1. The molecular formula is C12H8F3NO. The highest BCUT2D eigenvalue weighted by molar-refractivity contribution is 5.82. The van der Waals surface area contributed by atoms with Gasteiger partial charge in [0.1, 0.15) is 11.3 Å². The number of Topliss-reactive ketones (excluding diaryl/α,β-unsaturated/α-hetero) is 1. The molecule has 0 atom stereocenters. The first-order chi connectivity index (χ1) is 7.99. The highest BCUT2D eigenvalue weighted by atomic mass is 19.2. The average Bonchev–Trinajstić information content (AvgIpc) is 2.26. The third-order valence-corrected chi connectivity index (χ3v) is 2.31. The largest absolute Gasteiger partial charge is 0.300 e. The number of halogens is 3.